The zero-order chi connectivity index (χ0) is 22.0. The molecule has 31 heavy (non-hydrogen) atoms. The van der Waals surface area contributed by atoms with Gasteiger partial charge < -0.3 is 14.2 Å². The number of benzene rings is 1. The van der Waals surface area contributed by atoms with Crippen molar-refractivity contribution in [3.63, 3.8) is 0 Å². The molecule has 2 aromatic rings. The summed E-state index contributed by atoms with van der Waals surface area (Å²) in [4.78, 5) is 40.8. The molecular formula is C24H29N3O4. The van der Waals surface area contributed by atoms with E-state index in [9.17, 15) is 14.4 Å². The first-order valence-corrected chi connectivity index (χ1v) is 10.7. The number of hydrogen-bond donors (Lipinski definition) is 0. The Labute approximate surface area is 182 Å². The van der Waals surface area contributed by atoms with Crippen molar-refractivity contribution in [2.45, 2.75) is 12.8 Å². The SMILES string of the molecule is COC(=O)CN1C[C@H]2CN(C(=O)c3ccc(=O)n(C)c3)C[C@@]2(CCc2ccccc2)C1. The number of rotatable bonds is 6. The highest BCUT2D eigenvalue weighted by Gasteiger charge is 2.53. The number of methoxy groups -OCH3 is 1. The van der Waals surface area contributed by atoms with Crippen LogP contribution in [0.4, 0.5) is 0 Å². The fraction of sp³-hybridized carbons (Fsp3) is 0.458. The van der Waals surface area contributed by atoms with Gasteiger partial charge in [0, 0.05) is 50.9 Å². The molecule has 1 amide bonds. The van der Waals surface area contributed by atoms with Gasteiger partial charge in [0.1, 0.15) is 0 Å². The van der Waals surface area contributed by atoms with Crippen LogP contribution in [-0.2, 0) is 23.0 Å². The molecule has 7 nitrogen and oxygen atoms in total. The summed E-state index contributed by atoms with van der Waals surface area (Å²) in [6.45, 7) is 3.16. The Bertz CT molecular complexity index is 1020. The maximum absolute atomic E-state index is 13.2. The molecule has 3 heterocycles. The topological polar surface area (TPSA) is 71.8 Å². The fourth-order valence-electron chi connectivity index (χ4n) is 5.11. The van der Waals surface area contributed by atoms with Gasteiger partial charge in [0.25, 0.3) is 5.91 Å². The molecule has 0 spiro atoms. The molecule has 1 aromatic heterocycles. The summed E-state index contributed by atoms with van der Waals surface area (Å²) >= 11 is 0. The number of nitrogens with zero attached hydrogens (tertiary/aromatic N) is 3. The van der Waals surface area contributed by atoms with Crippen LogP contribution in [0.1, 0.15) is 22.3 Å². The molecule has 7 heteroatoms. The van der Waals surface area contributed by atoms with Crippen molar-refractivity contribution in [3.8, 4) is 0 Å². The minimum Gasteiger partial charge on any atom is -0.468 e. The van der Waals surface area contributed by atoms with Crippen molar-refractivity contribution in [3.05, 3.63) is 70.1 Å². The molecule has 2 fully saturated rings. The lowest BCUT2D eigenvalue weighted by atomic mass is 9.76. The van der Waals surface area contributed by atoms with Crippen LogP contribution >= 0.6 is 0 Å². The molecule has 2 atom stereocenters. The Hall–Kier alpha value is -2.93. The number of likely N-dealkylation sites (tertiary alicyclic amines) is 2. The van der Waals surface area contributed by atoms with Crippen molar-refractivity contribution < 1.29 is 14.3 Å². The van der Waals surface area contributed by atoms with Crippen LogP contribution in [0.15, 0.2) is 53.5 Å². The van der Waals surface area contributed by atoms with Gasteiger partial charge in [-0.15, -0.1) is 0 Å². The third kappa shape index (κ3) is 4.42. The molecule has 1 aromatic carbocycles. The largest absolute Gasteiger partial charge is 0.468 e. The van der Waals surface area contributed by atoms with E-state index < -0.39 is 0 Å². The maximum atomic E-state index is 13.2. The van der Waals surface area contributed by atoms with Gasteiger partial charge in [-0.1, -0.05) is 30.3 Å². The van der Waals surface area contributed by atoms with E-state index in [0.717, 1.165) is 25.9 Å². The van der Waals surface area contributed by atoms with E-state index in [1.165, 1.54) is 23.3 Å². The highest BCUT2D eigenvalue weighted by Crippen LogP contribution is 2.46. The number of pyridine rings is 1. The predicted molar refractivity (Wildman–Crippen MR) is 117 cm³/mol. The quantitative estimate of drug-likeness (QED) is 0.660. The van der Waals surface area contributed by atoms with Crippen LogP contribution in [0.2, 0.25) is 0 Å². The lowest BCUT2D eigenvalue weighted by Gasteiger charge is -2.29. The molecule has 0 radical (unpaired) electrons. The molecule has 0 N–H and O–H groups in total. The van der Waals surface area contributed by atoms with E-state index in [2.05, 4.69) is 17.0 Å². The first kappa shape index (κ1) is 21.3. The Kier molecular flexibility index (Phi) is 5.96. The lowest BCUT2D eigenvalue weighted by molar-refractivity contribution is -0.141. The second-order valence-corrected chi connectivity index (χ2v) is 8.84. The van der Waals surface area contributed by atoms with Gasteiger partial charge in [-0.3, -0.25) is 19.3 Å². The summed E-state index contributed by atoms with van der Waals surface area (Å²) in [5.74, 6) is 0.0391. The third-order valence-electron chi connectivity index (χ3n) is 6.78. The molecule has 2 aliphatic rings. The molecule has 0 aliphatic carbocycles. The van der Waals surface area contributed by atoms with Gasteiger partial charge >= 0.3 is 5.97 Å². The molecule has 4 rings (SSSR count). The minimum atomic E-state index is -0.226. The first-order chi connectivity index (χ1) is 14.9. The summed E-state index contributed by atoms with van der Waals surface area (Å²) in [6, 6.07) is 13.4. The minimum absolute atomic E-state index is 0.0383. The number of carbonyl (C=O) groups excluding carboxylic acids is 2. The van der Waals surface area contributed by atoms with Crippen molar-refractivity contribution >= 4 is 11.9 Å². The molecule has 2 aliphatic heterocycles. The number of hydrogen-bond acceptors (Lipinski definition) is 5. The van der Waals surface area contributed by atoms with Crippen LogP contribution in [0.5, 0.6) is 0 Å². The summed E-state index contributed by atoms with van der Waals surface area (Å²) < 4.78 is 6.30. The molecule has 0 saturated carbocycles. The number of ether oxygens (including phenoxy) is 1. The number of esters is 1. The van der Waals surface area contributed by atoms with Gasteiger partial charge in [-0.25, -0.2) is 0 Å². The Morgan fingerprint density at radius 2 is 1.87 bits per heavy atom. The number of carbonyl (C=O) groups is 2. The monoisotopic (exact) mass is 423 g/mol. The summed E-state index contributed by atoms with van der Waals surface area (Å²) in [5, 5.41) is 0. The second-order valence-electron chi connectivity index (χ2n) is 8.84. The molecule has 2 saturated heterocycles. The van der Waals surface area contributed by atoms with Crippen molar-refractivity contribution in [1.29, 1.82) is 0 Å². The average Bonchev–Trinajstić information content (AvgIpc) is 3.28. The van der Waals surface area contributed by atoms with E-state index in [0.29, 0.717) is 24.6 Å². The second kappa shape index (κ2) is 8.67. The van der Waals surface area contributed by atoms with E-state index in [-0.39, 0.29) is 29.4 Å². The highest BCUT2D eigenvalue weighted by molar-refractivity contribution is 5.94. The van der Waals surface area contributed by atoms with Crippen LogP contribution in [-0.4, -0.2) is 66.1 Å². The highest BCUT2D eigenvalue weighted by atomic mass is 16.5. The Morgan fingerprint density at radius 1 is 1.10 bits per heavy atom. The zero-order valence-electron chi connectivity index (χ0n) is 18.1. The van der Waals surface area contributed by atoms with Gasteiger partial charge in [-0.05, 0) is 30.4 Å². The van der Waals surface area contributed by atoms with E-state index in [4.69, 9.17) is 4.74 Å². The van der Waals surface area contributed by atoms with Crippen LogP contribution < -0.4 is 5.56 Å². The Balaban J connectivity index is 1.53. The number of fused-ring (bicyclic) bond motifs is 1. The average molecular weight is 424 g/mol. The predicted octanol–water partition coefficient (Wildman–Crippen LogP) is 1.57. The van der Waals surface area contributed by atoms with Crippen molar-refractivity contribution in [2.75, 3.05) is 39.8 Å². The summed E-state index contributed by atoms with van der Waals surface area (Å²) in [5.41, 5.74) is 1.63. The summed E-state index contributed by atoms with van der Waals surface area (Å²) in [6.07, 6.45) is 3.50. The van der Waals surface area contributed by atoms with E-state index in [1.54, 1.807) is 19.3 Å². The molecule has 0 bridgehead atoms. The lowest BCUT2D eigenvalue weighted by Crippen LogP contribution is -2.39. The summed E-state index contributed by atoms with van der Waals surface area (Å²) in [7, 11) is 3.07. The molecule has 0 unspecified atom stereocenters. The number of amides is 1. The zero-order valence-corrected chi connectivity index (χ0v) is 18.1. The standard InChI is InChI=1S/C24H29N3O4/c1-25-12-19(8-9-21(25)28)23(30)27-14-20-13-26(15-22(29)31-2)16-24(20,17-27)11-10-18-6-4-3-5-7-18/h3-9,12,20H,10-11,13-17H2,1-2H3/t20-,24+/m0/s1. The van der Waals surface area contributed by atoms with Crippen molar-refractivity contribution in [1.82, 2.24) is 14.4 Å². The number of aromatic nitrogens is 1. The smallest absolute Gasteiger partial charge is 0.319 e. The Morgan fingerprint density at radius 3 is 2.58 bits per heavy atom. The van der Waals surface area contributed by atoms with Gasteiger partial charge in [0.05, 0.1) is 19.2 Å². The van der Waals surface area contributed by atoms with E-state index in [1.807, 2.05) is 23.1 Å². The van der Waals surface area contributed by atoms with Gasteiger partial charge in [0.15, 0.2) is 0 Å². The maximum Gasteiger partial charge on any atom is 0.319 e. The molecule has 164 valence electrons. The van der Waals surface area contributed by atoms with Crippen LogP contribution in [0.3, 0.4) is 0 Å². The van der Waals surface area contributed by atoms with Crippen LogP contribution in [0.25, 0.3) is 0 Å². The first-order valence-electron chi connectivity index (χ1n) is 10.7. The van der Waals surface area contributed by atoms with Gasteiger partial charge in [0.2, 0.25) is 5.56 Å². The molecular weight excluding hydrogens is 394 g/mol. The fourth-order valence-corrected chi connectivity index (χ4v) is 5.11. The normalized spacial score (nSPS) is 23.0. The van der Waals surface area contributed by atoms with Crippen molar-refractivity contribution in [2.24, 2.45) is 18.4 Å². The van der Waals surface area contributed by atoms with E-state index >= 15 is 0 Å². The van der Waals surface area contributed by atoms with Gasteiger partial charge in [-0.2, -0.15) is 0 Å². The number of aryl methyl sites for hydroxylation is 2. The third-order valence-corrected chi connectivity index (χ3v) is 6.78. The van der Waals surface area contributed by atoms with Crippen LogP contribution in [0, 0.1) is 11.3 Å².